The van der Waals surface area contributed by atoms with Gasteiger partial charge in [-0.25, -0.2) is 9.59 Å². The predicted molar refractivity (Wildman–Crippen MR) is 109 cm³/mol. The standard InChI is InChI=1S/C18H28O9S.Ca.2H/c1-7-8-18(10-26-15(19)12(2)3,11-27-16(20)13(4)5)17(21)25-9-14(6)28(22,23)24;;;/h14H,2,4,7-11H2,1,3,5-6H3,(H,22,23,24);;;. The molecule has 0 fully saturated rings. The first-order chi connectivity index (χ1) is 12.8. The molecular weight excluding hydrogens is 432 g/mol. The van der Waals surface area contributed by atoms with Crippen LogP contribution in [-0.4, -0.2) is 93.7 Å². The number of hydrogen-bond donors (Lipinski definition) is 1. The Kier molecular flexibility index (Phi) is 14.0. The fourth-order valence-corrected chi connectivity index (χ4v) is 2.21. The van der Waals surface area contributed by atoms with Crippen molar-refractivity contribution in [2.45, 2.75) is 45.8 Å². The minimum absolute atomic E-state index is 0. The van der Waals surface area contributed by atoms with Gasteiger partial charge in [-0.1, -0.05) is 26.5 Å². The van der Waals surface area contributed by atoms with Crippen LogP contribution < -0.4 is 0 Å². The van der Waals surface area contributed by atoms with E-state index in [4.69, 9.17) is 18.8 Å². The number of carbonyl (C=O) groups excluding carboxylic acids is 3. The van der Waals surface area contributed by atoms with Crippen LogP contribution in [0.15, 0.2) is 24.3 Å². The summed E-state index contributed by atoms with van der Waals surface area (Å²) in [4.78, 5) is 36.2. The fraction of sp³-hybridized carbons (Fsp3) is 0.611. The molecule has 0 spiro atoms. The summed E-state index contributed by atoms with van der Waals surface area (Å²) >= 11 is 0. The molecule has 164 valence electrons. The van der Waals surface area contributed by atoms with Crippen LogP contribution in [0.3, 0.4) is 0 Å². The van der Waals surface area contributed by atoms with Gasteiger partial charge in [0, 0.05) is 11.1 Å². The number of ether oxygens (including phenoxy) is 3. The molecule has 0 radical (unpaired) electrons. The van der Waals surface area contributed by atoms with Gasteiger partial charge in [-0.05, 0) is 27.2 Å². The van der Waals surface area contributed by atoms with E-state index in [-0.39, 0.29) is 55.3 Å². The quantitative estimate of drug-likeness (QED) is 0.148. The van der Waals surface area contributed by atoms with Gasteiger partial charge in [-0.2, -0.15) is 8.42 Å². The van der Waals surface area contributed by atoms with Gasteiger partial charge in [-0.3, -0.25) is 9.35 Å². The molecule has 1 N–H and O–H groups in total. The van der Waals surface area contributed by atoms with Crippen LogP contribution in [0.2, 0.25) is 0 Å². The summed E-state index contributed by atoms with van der Waals surface area (Å²) in [5.41, 5.74) is -1.33. The summed E-state index contributed by atoms with van der Waals surface area (Å²) in [7, 11) is -4.40. The second-order valence-electron chi connectivity index (χ2n) is 6.67. The van der Waals surface area contributed by atoms with Crippen molar-refractivity contribution >= 4 is 65.8 Å². The second kappa shape index (κ2) is 13.4. The summed E-state index contributed by atoms with van der Waals surface area (Å²) in [6.07, 6.45) is 0.567. The van der Waals surface area contributed by atoms with Crippen LogP contribution >= 0.6 is 0 Å². The van der Waals surface area contributed by atoms with Crippen LogP contribution in [0, 0.1) is 5.41 Å². The maximum atomic E-state index is 12.7. The van der Waals surface area contributed by atoms with E-state index in [1.165, 1.54) is 13.8 Å². The molecular formula is C18H30CaO9S. The Morgan fingerprint density at radius 3 is 1.72 bits per heavy atom. The van der Waals surface area contributed by atoms with Gasteiger partial charge >= 0.3 is 55.6 Å². The van der Waals surface area contributed by atoms with Crippen molar-refractivity contribution in [2.24, 2.45) is 5.41 Å². The number of esters is 3. The number of hydrogen-bond acceptors (Lipinski definition) is 8. The Morgan fingerprint density at radius 1 is 1.00 bits per heavy atom. The molecule has 0 saturated carbocycles. The molecule has 0 rings (SSSR count). The Labute approximate surface area is 201 Å². The zero-order valence-electron chi connectivity index (χ0n) is 16.6. The Bertz CT molecular complexity index is 698. The van der Waals surface area contributed by atoms with Crippen LogP contribution in [0.4, 0.5) is 0 Å². The average Bonchev–Trinajstić information content (AvgIpc) is 2.59. The maximum absolute atomic E-state index is 12.7. The van der Waals surface area contributed by atoms with Crippen LogP contribution in [0.5, 0.6) is 0 Å². The molecule has 0 aromatic carbocycles. The van der Waals surface area contributed by atoms with Gasteiger partial charge < -0.3 is 14.2 Å². The van der Waals surface area contributed by atoms with E-state index in [1.807, 2.05) is 0 Å². The van der Waals surface area contributed by atoms with E-state index in [0.29, 0.717) is 6.42 Å². The fourth-order valence-electron chi connectivity index (χ4n) is 1.97. The molecule has 29 heavy (non-hydrogen) atoms. The second-order valence-corrected chi connectivity index (χ2v) is 8.50. The summed E-state index contributed by atoms with van der Waals surface area (Å²) in [5, 5.41) is -1.35. The van der Waals surface area contributed by atoms with Gasteiger partial charge in [0.15, 0.2) is 0 Å². The molecule has 0 aromatic heterocycles. The van der Waals surface area contributed by atoms with Crippen molar-refractivity contribution in [1.29, 1.82) is 0 Å². The Morgan fingerprint density at radius 2 is 1.41 bits per heavy atom. The predicted octanol–water partition coefficient (Wildman–Crippen LogP) is 0.915. The van der Waals surface area contributed by atoms with Crippen molar-refractivity contribution < 1.29 is 41.6 Å². The van der Waals surface area contributed by atoms with Crippen LogP contribution in [0.25, 0.3) is 0 Å². The van der Waals surface area contributed by atoms with E-state index in [9.17, 15) is 22.8 Å². The van der Waals surface area contributed by atoms with E-state index in [2.05, 4.69) is 13.2 Å². The molecule has 0 aliphatic carbocycles. The van der Waals surface area contributed by atoms with Crippen molar-refractivity contribution in [3.8, 4) is 0 Å². The Hall–Kier alpha value is -0.940. The Balaban J connectivity index is 0. The average molecular weight is 463 g/mol. The third-order valence-corrected chi connectivity index (χ3v) is 4.93. The zero-order chi connectivity index (χ0) is 22.1. The molecule has 11 heteroatoms. The molecule has 0 heterocycles. The van der Waals surface area contributed by atoms with Crippen LogP contribution in [-0.2, 0) is 38.7 Å². The van der Waals surface area contributed by atoms with Gasteiger partial charge in [0.05, 0.1) is 0 Å². The van der Waals surface area contributed by atoms with Crippen molar-refractivity contribution in [1.82, 2.24) is 0 Å². The summed E-state index contributed by atoms with van der Waals surface area (Å²) in [6, 6.07) is 0. The normalized spacial score (nSPS) is 12.2. The topological polar surface area (TPSA) is 133 Å². The van der Waals surface area contributed by atoms with Crippen molar-refractivity contribution in [3.63, 3.8) is 0 Å². The van der Waals surface area contributed by atoms with Gasteiger partial charge in [0.1, 0.15) is 30.5 Å². The zero-order valence-corrected chi connectivity index (χ0v) is 17.5. The first kappa shape index (κ1) is 30.3. The van der Waals surface area contributed by atoms with Gasteiger partial charge in [-0.15, -0.1) is 0 Å². The molecule has 1 atom stereocenters. The minimum atomic E-state index is -4.40. The first-order valence-corrected chi connectivity index (χ1v) is 10.1. The summed E-state index contributed by atoms with van der Waals surface area (Å²) in [6.45, 7) is 11.1. The van der Waals surface area contributed by atoms with Gasteiger partial charge in [0.25, 0.3) is 10.1 Å². The molecule has 0 aliphatic rings. The molecule has 9 nitrogen and oxygen atoms in total. The van der Waals surface area contributed by atoms with Crippen molar-refractivity contribution in [3.05, 3.63) is 24.3 Å². The third kappa shape index (κ3) is 10.6. The third-order valence-electron chi connectivity index (χ3n) is 3.78. The van der Waals surface area contributed by atoms with Crippen LogP contribution in [0.1, 0.15) is 40.5 Å². The van der Waals surface area contributed by atoms with E-state index in [0.717, 1.165) is 6.92 Å². The molecule has 0 amide bonds. The monoisotopic (exact) mass is 462 g/mol. The molecule has 0 aliphatic heterocycles. The number of rotatable bonds is 12. The van der Waals surface area contributed by atoms with E-state index in [1.54, 1.807) is 6.92 Å². The summed E-state index contributed by atoms with van der Waals surface area (Å²) in [5.74, 6) is -2.41. The van der Waals surface area contributed by atoms with Gasteiger partial charge in [0.2, 0.25) is 0 Å². The van der Waals surface area contributed by atoms with E-state index < -0.39 is 58.5 Å². The molecule has 0 aromatic rings. The molecule has 0 saturated heterocycles. The SMILES string of the molecule is C=C(C)C(=O)OCC(CCC)(COC(=O)C(=C)C)C(=O)OCC(C)S(=O)(=O)O.[CaH2]. The first-order valence-electron chi connectivity index (χ1n) is 8.55. The number of carbonyl (C=O) groups is 3. The molecule has 0 bridgehead atoms. The van der Waals surface area contributed by atoms with E-state index >= 15 is 0 Å². The summed E-state index contributed by atoms with van der Waals surface area (Å²) < 4.78 is 46.4. The van der Waals surface area contributed by atoms with Crippen molar-refractivity contribution in [2.75, 3.05) is 19.8 Å². The molecule has 1 unspecified atom stereocenters.